The van der Waals surface area contributed by atoms with Crippen molar-refractivity contribution in [1.82, 2.24) is 0 Å². The van der Waals surface area contributed by atoms with Gasteiger partial charge in [-0.25, -0.2) is 4.79 Å². The fourth-order valence-corrected chi connectivity index (χ4v) is 1.49. The first-order chi connectivity index (χ1) is 6.72. The molecule has 0 radical (unpaired) electrons. The maximum atomic E-state index is 10.2. The molecule has 1 aliphatic heterocycles. The van der Waals surface area contributed by atoms with E-state index in [2.05, 4.69) is 6.92 Å². The minimum atomic E-state index is -0.902. The fourth-order valence-electron chi connectivity index (χ4n) is 1.49. The smallest absolute Gasteiger partial charge is 0.328 e. The summed E-state index contributed by atoms with van der Waals surface area (Å²) in [6.45, 7) is 2.85. The van der Waals surface area contributed by atoms with E-state index < -0.39 is 5.97 Å². The summed E-state index contributed by atoms with van der Waals surface area (Å²) in [5.41, 5.74) is 1.28. The van der Waals surface area contributed by atoms with E-state index in [1.807, 2.05) is 6.08 Å². The van der Waals surface area contributed by atoms with Gasteiger partial charge in [0.15, 0.2) is 0 Å². The summed E-state index contributed by atoms with van der Waals surface area (Å²) < 4.78 is 5.50. The van der Waals surface area contributed by atoms with Gasteiger partial charge in [0.2, 0.25) is 0 Å². The van der Waals surface area contributed by atoms with Gasteiger partial charge in [0.1, 0.15) is 0 Å². The Labute approximate surface area is 84.1 Å². The van der Waals surface area contributed by atoms with Crippen LogP contribution in [0.3, 0.4) is 0 Å². The Morgan fingerprint density at radius 3 is 3.14 bits per heavy atom. The molecule has 1 N–H and O–H groups in total. The SMILES string of the molecule is CCC1C/C(=C/C=C/C(=O)O)CCO1. The van der Waals surface area contributed by atoms with Crippen LogP contribution in [0.25, 0.3) is 0 Å². The van der Waals surface area contributed by atoms with Gasteiger partial charge in [0.25, 0.3) is 0 Å². The van der Waals surface area contributed by atoms with E-state index in [0.29, 0.717) is 6.10 Å². The molecule has 3 heteroatoms. The van der Waals surface area contributed by atoms with Crippen molar-refractivity contribution in [2.45, 2.75) is 32.3 Å². The van der Waals surface area contributed by atoms with Crippen molar-refractivity contribution in [1.29, 1.82) is 0 Å². The number of aliphatic carboxylic acids is 1. The van der Waals surface area contributed by atoms with Crippen LogP contribution in [0, 0.1) is 0 Å². The predicted octanol–water partition coefficient (Wildman–Crippen LogP) is 2.14. The molecular weight excluding hydrogens is 180 g/mol. The normalized spacial score (nSPS) is 25.8. The van der Waals surface area contributed by atoms with Gasteiger partial charge in [-0.15, -0.1) is 0 Å². The van der Waals surface area contributed by atoms with Crippen LogP contribution in [0.2, 0.25) is 0 Å². The molecule has 0 saturated carbocycles. The van der Waals surface area contributed by atoms with Crippen LogP contribution in [0.15, 0.2) is 23.8 Å². The number of hydrogen-bond acceptors (Lipinski definition) is 2. The third kappa shape index (κ3) is 3.75. The maximum Gasteiger partial charge on any atom is 0.328 e. The highest BCUT2D eigenvalue weighted by Gasteiger charge is 2.14. The minimum Gasteiger partial charge on any atom is -0.478 e. The highest BCUT2D eigenvalue weighted by Crippen LogP contribution is 2.20. The lowest BCUT2D eigenvalue weighted by Crippen LogP contribution is -2.19. The average molecular weight is 196 g/mol. The third-order valence-electron chi connectivity index (χ3n) is 2.29. The molecule has 0 aliphatic carbocycles. The summed E-state index contributed by atoms with van der Waals surface area (Å²) >= 11 is 0. The van der Waals surface area contributed by atoms with Crippen LogP contribution in [0.4, 0.5) is 0 Å². The molecule has 14 heavy (non-hydrogen) atoms. The van der Waals surface area contributed by atoms with E-state index in [0.717, 1.165) is 31.9 Å². The molecule has 1 unspecified atom stereocenters. The number of rotatable bonds is 3. The van der Waals surface area contributed by atoms with Crippen LogP contribution in [0.1, 0.15) is 26.2 Å². The number of allylic oxidation sites excluding steroid dienone is 2. The summed E-state index contributed by atoms with van der Waals surface area (Å²) in [6.07, 6.45) is 7.81. The molecule has 78 valence electrons. The molecule has 1 heterocycles. The second kappa shape index (κ2) is 5.60. The lowest BCUT2D eigenvalue weighted by Gasteiger charge is -2.23. The highest BCUT2D eigenvalue weighted by atomic mass is 16.5. The first kappa shape index (κ1) is 11.0. The Hall–Kier alpha value is -1.09. The molecule has 0 spiro atoms. The molecule has 0 aromatic carbocycles. The number of ether oxygens (including phenoxy) is 1. The standard InChI is InChI=1S/C11H16O3/c1-2-10-8-9(6-7-14-10)4-3-5-11(12)13/h3-5,10H,2,6-8H2,1H3,(H,12,13)/b5-3+,9-4+. The monoisotopic (exact) mass is 196 g/mol. The van der Waals surface area contributed by atoms with E-state index in [1.165, 1.54) is 5.57 Å². The van der Waals surface area contributed by atoms with Crippen molar-refractivity contribution in [3.05, 3.63) is 23.8 Å². The summed E-state index contributed by atoms with van der Waals surface area (Å²) in [5, 5.41) is 8.40. The quantitative estimate of drug-likeness (QED) is 0.703. The summed E-state index contributed by atoms with van der Waals surface area (Å²) in [6, 6.07) is 0. The number of hydrogen-bond donors (Lipinski definition) is 1. The van der Waals surface area contributed by atoms with Crippen molar-refractivity contribution >= 4 is 5.97 Å². The van der Waals surface area contributed by atoms with Gasteiger partial charge in [-0.3, -0.25) is 0 Å². The van der Waals surface area contributed by atoms with Crippen LogP contribution >= 0.6 is 0 Å². The minimum absolute atomic E-state index is 0.313. The van der Waals surface area contributed by atoms with E-state index in [1.54, 1.807) is 6.08 Å². The van der Waals surface area contributed by atoms with Gasteiger partial charge in [-0.1, -0.05) is 24.6 Å². The molecule has 1 fully saturated rings. The van der Waals surface area contributed by atoms with Crippen molar-refractivity contribution in [2.24, 2.45) is 0 Å². The van der Waals surface area contributed by atoms with Gasteiger partial charge < -0.3 is 9.84 Å². The summed E-state index contributed by atoms with van der Waals surface area (Å²) in [7, 11) is 0. The van der Waals surface area contributed by atoms with Gasteiger partial charge >= 0.3 is 5.97 Å². The molecule has 0 aromatic heterocycles. The number of carbonyl (C=O) groups is 1. The zero-order valence-corrected chi connectivity index (χ0v) is 8.40. The number of carboxylic acids is 1. The topological polar surface area (TPSA) is 46.5 Å². The fraction of sp³-hybridized carbons (Fsp3) is 0.545. The van der Waals surface area contributed by atoms with Crippen LogP contribution in [-0.4, -0.2) is 23.8 Å². The van der Waals surface area contributed by atoms with Crippen molar-refractivity contribution in [2.75, 3.05) is 6.61 Å². The van der Waals surface area contributed by atoms with Gasteiger partial charge in [0, 0.05) is 6.08 Å². The summed E-state index contributed by atoms with van der Waals surface area (Å²) in [5.74, 6) is -0.902. The molecule has 1 rings (SSSR count). The first-order valence-corrected chi connectivity index (χ1v) is 4.93. The largest absolute Gasteiger partial charge is 0.478 e. The predicted molar refractivity (Wildman–Crippen MR) is 54.1 cm³/mol. The zero-order valence-electron chi connectivity index (χ0n) is 8.40. The Morgan fingerprint density at radius 1 is 1.71 bits per heavy atom. The van der Waals surface area contributed by atoms with Gasteiger partial charge in [0.05, 0.1) is 12.7 Å². The lowest BCUT2D eigenvalue weighted by molar-refractivity contribution is -0.131. The molecule has 0 aromatic rings. The van der Waals surface area contributed by atoms with Crippen molar-refractivity contribution in [3.8, 4) is 0 Å². The van der Waals surface area contributed by atoms with Crippen LogP contribution in [0.5, 0.6) is 0 Å². The van der Waals surface area contributed by atoms with Gasteiger partial charge in [-0.2, -0.15) is 0 Å². The summed E-state index contributed by atoms with van der Waals surface area (Å²) in [4.78, 5) is 10.2. The molecule has 0 amide bonds. The van der Waals surface area contributed by atoms with E-state index in [9.17, 15) is 4.79 Å². The van der Waals surface area contributed by atoms with E-state index in [-0.39, 0.29) is 0 Å². The first-order valence-electron chi connectivity index (χ1n) is 4.93. The molecular formula is C11H16O3. The maximum absolute atomic E-state index is 10.2. The highest BCUT2D eigenvalue weighted by molar-refractivity contribution is 5.80. The van der Waals surface area contributed by atoms with Crippen molar-refractivity contribution in [3.63, 3.8) is 0 Å². The van der Waals surface area contributed by atoms with E-state index >= 15 is 0 Å². The number of carboxylic acid groups (broad SMARTS) is 1. The zero-order chi connectivity index (χ0) is 10.4. The Bertz CT molecular complexity index is 253. The molecule has 3 nitrogen and oxygen atoms in total. The van der Waals surface area contributed by atoms with Crippen LogP contribution < -0.4 is 0 Å². The average Bonchev–Trinajstić information content (AvgIpc) is 2.18. The Kier molecular flexibility index (Phi) is 4.40. The lowest BCUT2D eigenvalue weighted by atomic mass is 10.0. The van der Waals surface area contributed by atoms with E-state index in [4.69, 9.17) is 9.84 Å². The molecule has 0 bridgehead atoms. The van der Waals surface area contributed by atoms with Crippen LogP contribution in [-0.2, 0) is 9.53 Å². The molecule has 1 saturated heterocycles. The molecule has 1 atom stereocenters. The Morgan fingerprint density at radius 2 is 2.50 bits per heavy atom. The second-order valence-corrected chi connectivity index (χ2v) is 3.38. The Balaban J connectivity index is 2.47. The van der Waals surface area contributed by atoms with Crippen molar-refractivity contribution < 1.29 is 14.6 Å². The van der Waals surface area contributed by atoms with Gasteiger partial charge in [-0.05, 0) is 19.3 Å². The third-order valence-corrected chi connectivity index (χ3v) is 2.29. The second-order valence-electron chi connectivity index (χ2n) is 3.38. The molecule has 1 aliphatic rings.